The number of para-hydroxylation sites is 3. The maximum atomic E-state index is 6.57. The van der Waals surface area contributed by atoms with Gasteiger partial charge in [0, 0.05) is 35.1 Å². The summed E-state index contributed by atoms with van der Waals surface area (Å²) in [5.41, 5.74) is 11.1. The number of aromatic nitrogens is 1. The predicted molar refractivity (Wildman–Crippen MR) is 218 cm³/mol. The van der Waals surface area contributed by atoms with Gasteiger partial charge in [0.2, 0.25) is 0 Å². The Balaban J connectivity index is 0.981. The van der Waals surface area contributed by atoms with E-state index in [0.29, 0.717) is 12.4 Å². The van der Waals surface area contributed by atoms with Gasteiger partial charge in [-0.15, -0.1) is 0 Å². The van der Waals surface area contributed by atoms with Crippen LogP contribution in [0.5, 0.6) is 23.0 Å². The maximum absolute atomic E-state index is 6.57. The molecule has 4 heterocycles. The zero-order valence-corrected chi connectivity index (χ0v) is 30.3. The van der Waals surface area contributed by atoms with Crippen LogP contribution in [0, 0.1) is 0 Å². The van der Waals surface area contributed by atoms with Crippen molar-refractivity contribution in [1.82, 2.24) is 4.98 Å². The van der Waals surface area contributed by atoms with Crippen LogP contribution >= 0.6 is 0 Å². The summed E-state index contributed by atoms with van der Waals surface area (Å²) in [6, 6.07) is 52.8. The number of rotatable bonds is 6. The molecule has 0 bridgehead atoms. The van der Waals surface area contributed by atoms with Crippen molar-refractivity contribution in [2.24, 2.45) is 0 Å². The van der Waals surface area contributed by atoms with Crippen LogP contribution in [-0.4, -0.2) is 18.9 Å². The lowest BCUT2D eigenvalue weighted by Crippen LogP contribution is -2.36. The molecule has 0 radical (unpaired) electrons. The first kappa shape index (κ1) is 32.0. The van der Waals surface area contributed by atoms with E-state index < -0.39 is 7.25 Å². The minimum absolute atomic E-state index is 0.0417. The molecule has 7 nitrogen and oxygen atoms in total. The van der Waals surface area contributed by atoms with E-state index >= 15 is 0 Å². The number of anilines is 6. The number of ether oxygens (including phenoxy) is 1. The largest absolute Gasteiger partial charge is 0.744 e. The molecular weight excluding hydrogens is 667 g/mol. The van der Waals surface area contributed by atoms with Crippen LogP contribution in [0.2, 0.25) is 0 Å². The summed E-state index contributed by atoms with van der Waals surface area (Å²) in [6.45, 7) is 7.13. The van der Waals surface area contributed by atoms with Crippen LogP contribution < -0.4 is 28.7 Å². The topological polar surface area (TPSA) is 50.3 Å². The van der Waals surface area contributed by atoms with E-state index in [4.69, 9.17) is 19.0 Å². The Morgan fingerprint density at radius 1 is 0.593 bits per heavy atom. The number of pyridine rings is 1. The zero-order chi connectivity index (χ0) is 36.4. The molecule has 0 aliphatic carbocycles. The summed E-state index contributed by atoms with van der Waals surface area (Å²) in [6.07, 6.45) is 1.93. The van der Waals surface area contributed by atoms with Crippen LogP contribution in [0.15, 0.2) is 158 Å². The number of nitrogens with zero attached hydrogens (tertiary/aromatic N) is 4. The molecule has 262 valence electrons. The highest BCUT2D eigenvalue weighted by Crippen LogP contribution is 2.52. The molecule has 8 heteroatoms. The summed E-state index contributed by atoms with van der Waals surface area (Å²) in [5.74, 6) is 3.63. The molecule has 7 aromatic rings. The summed E-state index contributed by atoms with van der Waals surface area (Å²) < 4.78 is 19.0. The second kappa shape index (κ2) is 12.5. The fourth-order valence-corrected chi connectivity index (χ4v) is 7.65. The van der Waals surface area contributed by atoms with Crippen LogP contribution in [0.4, 0.5) is 34.3 Å². The van der Waals surface area contributed by atoms with Gasteiger partial charge in [-0.25, -0.2) is 4.98 Å². The van der Waals surface area contributed by atoms with Gasteiger partial charge in [0.15, 0.2) is 5.82 Å². The van der Waals surface area contributed by atoms with E-state index in [1.54, 1.807) is 0 Å². The minimum atomic E-state index is -0.594. The normalized spacial score (nSPS) is 13.9. The van der Waals surface area contributed by atoms with E-state index in [0.717, 1.165) is 51.4 Å². The van der Waals surface area contributed by atoms with Gasteiger partial charge in [-0.05, 0) is 64.6 Å². The molecule has 0 N–H and O–H groups in total. The predicted octanol–water partition coefficient (Wildman–Crippen LogP) is 11.7. The summed E-state index contributed by atoms with van der Waals surface area (Å²) in [4.78, 5) is 11.6. The molecule has 0 saturated heterocycles. The van der Waals surface area contributed by atoms with Crippen LogP contribution in [0.1, 0.15) is 26.3 Å². The van der Waals surface area contributed by atoms with Gasteiger partial charge < -0.3 is 23.8 Å². The van der Waals surface area contributed by atoms with Crippen molar-refractivity contribution >= 4 is 41.5 Å². The second-order valence-corrected chi connectivity index (χ2v) is 14.9. The van der Waals surface area contributed by atoms with E-state index in [-0.39, 0.29) is 5.41 Å². The monoisotopic (exact) mass is 704 g/mol. The van der Waals surface area contributed by atoms with Gasteiger partial charge in [-0.2, -0.15) is 0 Å². The van der Waals surface area contributed by atoms with Gasteiger partial charge >= 0.3 is 7.25 Å². The Bertz CT molecular complexity index is 2480. The first-order chi connectivity index (χ1) is 26.4. The maximum Gasteiger partial charge on any atom is 0.744 e. The lowest BCUT2D eigenvalue weighted by Gasteiger charge is -2.27. The number of hydrogen-bond acceptors (Lipinski definition) is 7. The number of hydrogen-bond donors (Lipinski definition) is 0. The molecule has 10 rings (SSSR count). The lowest BCUT2D eigenvalue weighted by molar-refractivity contribution is 0.449. The van der Waals surface area contributed by atoms with Gasteiger partial charge in [-0.3, -0.25) is 4.81 Å². The van der Waals surface area contributed by atoms with E-state index in [1.807, 2.05) is 35.3 Å². The van der Waals surface area contributed by atoms with Crippen molar-refractivity contribution in [2.75, 3.05) is 21.3 Å². The Morgan fingerprint density at radius 2 is 1.22 bits per heavy atom. The smallest absolute Gasteiger partial charge is 0.505 e. The van der Waals surface area contributed by atoms with Crippen molar-refractivity contribution in [1.29, 1.82) is 0 Å². The van der Waals surface area contributed by atoms with Crippen LogP contribution in [0.3, 0.4) is 0 Å². The third-order valence-electron chi connectivity index (χ3n) is 10.4. The molecule has 54 heavy (non-hydrogen) atoms. The highest BCUT2D eigenvalue weighted by atomic mass is 16.6. The quantitative estimate of drug-likeness (QED) is 0.160. The van der Waals surface area contributed by atoms with Crippen LogP contribution in [-0.2, 0) is 5.41 Å². The molecule has 3 aliphatic heterocycles. The standard InChI is InChI=1S/C46H37BN4O3/c1-46(2,3)33-26-43-45(48-29-33)51-41-28-36(24-25-42(41)53-47(51)54-43)52-35-19-12-18-34(27-35)49-30-50(40-23-11-10-22-39(40)49)44-37(31-14-6-4-7-15-31)20-13-21-38(44)32-16-8-5-9-17-32/h4-29H,30H2,1-3H3. The summed E-state index contributed by atoms with van der Waals surface area (Å²) in [7, 11) is -0.594. The Kier molecular flexibility index (Phi) is 7.40. The van der Waals surface area contributed by atoms with Crippen molar-refractivity contribution in [3.8, 4) is 45.3 Å². The summed E-state index contributed by atoms with van der Waals surface area (Å²) in [5, 5.41) is 0. The molecule has 0 saturated carbocycles. The molecular formula is C46H37BN4O3. The van der Waals surface area contributed by atoms with Gasteiger partial charge in [0.25, 0.3) is 0 Å². The van der Waals surface area contributed by atoms with Crippen molar-refractivity contribution in [2.45, 2.75) is 26.2 Å². The van der Waals surface area contributed by atoms with Gasteiger partial charge in [0.05, 0.1) is 22.7 Å². The fraction of sp³-hybridized carbons (Fsp3) is 0.109. The molecule has 0 spiro atoms. The molecule has 0 fully saturated rings. The molecule has 3 aliphatic rings. The lowest BCUT2D eigenvalue weighted by atomic mass is 9.88. The van der Waals surface area contributed by atoms with E-state index in [9.17, 15) is 0 Å². The first-order valence-corrected chi connectivity index (χ1v) is 18.3. The van der Waals surface area contributed by atoms with Crippen molar-refractivity contribution < 1.29 is 14.0 Å². The number of benzene rings is 6. The SMILES string of the molecule is CC(C)(C)c1cnc2c(c1)OB1Oc3ccc(Oc4cccc(N5CN(c6c(-c7ccccc7)cccc6-c6ccccc6)c6ccccc65)c4)cc3N12. The Labute approximate surface area is 315 Å². The van der Waals surface area contributed by atoms with E-state index in [2.05, 4.69) is 158 Å². The first-order valence-electron chi connectivity index (χ1n) is 18.3. The molecule has 0 unspecified atom stereocenters. The molecule has 6 aromatic carbocycles. The minimum Gasteiger partial charge on any atom is -0.505 e. The highest BCUT2D eigenvalue weighted by Gasteiger charge is 2.50. The molecule has 0 atom stereocenters. The van der Waals surface area contributed by atoms with Crippen molar-refractivity contribution in [3.05, 3.63) is 163 Å². The van der Waals surface area contributed by atoms with Crippen LogP contribution in [0.25, 0.3) is 22.3 Å². The van der Waals surface area contributed by atoms with Crippen molar-refractivity contribution in [3.63, 3.8) is 0 Å². The Morgan fingerprint density at radius 3 is 1.93 bits per heavy atom. The third-order valence-corrected chi connectivity index (χ3v) is 10.4. The highest BCUT2D eigenvalue weighted by molar-refractivity contribution is 6.57. The van der Waals surface area contributed by atoms with Gasteiger partial charge in [0.1, 0.15) is 29.7 Å². The average Bonchev–Trinajstić information content (AvgIpc) is 3.88. The zero-order valence-electron chi connectivity index (χ0n) is 30.3. The van der Waals surface area contributed by atoms with E-state index in [1.165, 1.54) is 27.9 Å². The average molecular weight is 705 g/mol. The molecule has 0 amide bonds. The third kappa shape index (κ3) is 5.41. The second-order valence-electron chi connectivity index (χ2n) is 14.9. The van der Waals surface area contributed by atoms with Gasteiger partial charge in [-0.1, -0.05) is 118 Å². The fourth-order valence-electron chi connectivity index (χ4n) is 7.65. The number of fused-ring (bicyclic) bond motifs is 6. The Hall–Kier alpha value is -6.67. The summed E-state index contributed by atoms with van der Waals surface area (Å²) >= 11 is 0. The molecule has 1 aromatic heterocycles.